The van der Waals surface area contributed by atoms with E-state index in [1.807, 2.05) is 6.92 Å². The Hall–Kier alpha value is -0.450. The summed E-state index contributed by atoms with van der Waals surface area (Å²) < 4.78 is 0. The van der Waals surface area contributed by atoms with Gasteiger partial charge in [-0.05, 0) is 27.2 Å². The van der Waals surface area contributed by atoms with E-state index in [1.54, 1.807) is 11.3 Å². The van der Waals surface area contributed by atoms with E-state index < -0.39 is 5.60 Å². The Morgan fingerprint density at radius 2 is 1.90 bits per heavy atom. The van der Waals surface area contributed by atoms with Crippen molar-refractivity contribution >= 4 is 11.3 Å². The number of aliphatic hydroxyl groups is 1. The quantitative estimate of drug-likeness (QED) is 0.836. The highest BCUT2D eigenvalue weighted by molar-refractivity contribution is 7.12. The summed E-state index contributed by atoms with van der Waals surface area (Å²) in [6.45, 7) is 15.4. The molecule has 2 N–H and O–H groups in total. The molecular weight excluding hydrogens is 268 g/mol. The number of rotatable bonds is 6. The molecule has 0 saturated heterocycles. The number of nitrogens with one attached hydrogen (secondary N) is 1. The molecule has 1 rings (SSSR count). The van der Waals surface area contributed by atoms with Gasteiger partial charge in [0.15, 0.2) is 0 Å². The number of aromatic nitrogens is 1. The van der Waals surface area contributed by atoms with Gasteiger partial charge >= 0.3 is 0 Å². The Morgan fingerprint density at radius 3 is 2.35 bits per heavy atom. The van der Waals surface area contributed by atoms with Crippen LogP contribution in [0, 0.1) is 6.92 Å². The molecule has 1 aromatic heterocycles. The predicted octanol–water partition coefficient (Wildman–Crippen LogP) is 3.95. The Morgan fingerprint density at radius 1 is 1.30 bits per heavy atom. The maximum atomic E-state index is 10.2. The van der Waals surface area contributed by atoms with E-state index in [1.165, 1.54) is 9.88 Å². The van der Waals surface area contributed by atoms with Gasteiger partial charge in [-0.3, -0.25) is 0 Å². The molecule has 0 fully saturated rings. The summed E-state index contributed by atoms with van der Waals surface area (Å²) in [7, 11) is 0. The molecule has 20 heavy (non-hydrogen) atoms. The molecular formula is C16H30N2OS. The van der Waals surface area contributed by atoms with Crippen LogP contribution >= 0.6 is 11.3 Å². The van der Waals surface area contributed by atoms with Crippen LogP contribution in [0.5, 0.6) is 0 Å². The Balaban J connectivity index is 2.73. The van der Waals surface area contributed by atoms with Gasteiger partial charge in [0, 0.05) is 22.9 Å². The van der Waals surface area contributed by atoms with Crippen LogP contribution < -0.4 is 5.32 Å². The second-order valence-electron chi connectivity index (χ2n) is 7.07. The molecule has 2 unspecified atom stereocenters. The first-order chi connectivity index (χ1) is 9.07. The van der Waals surface area contributed by atoms with E-state index in [-0.39, 0.29) is 11.5 Å². The van der Waals surface area contributed by atoms with Gasteiger partial charge in [0.25, 0.3) is 0 Å². The molecule has 0 amide bonds. The fraction of sp³-hybridized carbons (Fsp3) is 0.812. The highest BCUT2D eigenvalue weighted by atomic mass is 32.1. The van der Waals surface area contributed by atoms with E-state index in [9.17, 15) is 5.11 Å². The number of thiazole rings is 1. The Kier molecular flexibility index (Phi) is 5.76. The summed E-state index contributed by atoms with van der Waals surface area (Å²) in [5.41, 5.74) is 0.574. The van der Waals surface area contributed by atoms with Gasteiger partial charge in [-0.2, -0.15) is 0 Å². The molecule has 0 spiro atoms. The summed E-state index contributed by atoms with van der Waals surface area (Å²) in [5, 5.41) is 14.9. The van der Waals surface area contributed by atoms with Crippen LogP contribution in [-0.2, 0) is 5.41 Å². The number of aryl methyl sites for hydroxylation is 1. The van der Waals surface area contributed by atoms with Crippen LogP contribution in [-0.4, -0.2) is 22.2 Å². The van der Waals surface area contributed by atoms with Crippen LogP contribution in [0.4, 0.5) is 0 Å². The molecule has 0 aliphatic carbocycles. The van der Waals surface area contributed by atoms with Crippen LogP contribution in [0.15, 0.2) is 0 Å². The van der Waals surface area contributed by atoms with Crippen molar-refractivity contribution in [3.63, 3.8) is 0 Å². The highest BCUT2D eigenvalue weighted by Crippen LogP contribution is 2.32. The number of hydrogen-bond acceptors (Lipinski definition) is 4. The van der Waals surface area contributed by atoms with Crippen LogP contribution in [0.1, 0.15) is 76.0 Å². The minimum Gasteiger partial charge on any atom is -0.389 e. The standard InChI is InChI=1S/C16H30N2OS/c1-8-9-16(7,19)10-17-11(2)13-12(3)18-14(20-13)15(4,5)6/h11,17,19H,8-10H2,1-7H3. The van der Waals surface area contributed by atoms with Gasteiger partial charge in [0.1, 0.15) is 0 Å². The molecule has 1 heterocycles. The molecule has 0 radical (unpaired) electrons. The average Bonchev–Trinajstić information content (AvgIpc) is 2.68. The highest BCUT2D eigenvalue weighted by Gasteiger charge is 2.24. The number of hydrogen-bond donors (Lipinski definition) is 2. The predicted molar refractivity (Wildman–Crippen MR) is 87.5 cm³/mol. The molecule has 0 aliphatic rings. The van der Waals surface area contributed by atoms with Crippen molar-refractivity contribution in [3.05, 3.63) is 15.6 Å². The molecule has 4 heteroatoms. The van der Waals surface area contributed by atoms with Gasteiger partial charge in [0.05, 0.1) is 16.3 Å². The van der Waals surface area contributed by atoms with Gasteiger partial charge in [-0.1, -0.05) is 34.1 Å². The van der Waals surface area contributed by atoms with Crippen molar-refractivity contribution in [2.45, 2.75) is 78.4 Å². The number of nitrogens with zero attached hydrogens (tertiary/aromatic N) is 1. The normalized spacial score (nSPS) is 17.0. The lowest BCUT2D eigenvalue weighted by Gasteiger charge is -2.25. The third-order valence-electron chi connectivity index (χ3n) is 3.45. The third kappa shape index (κ3) is 4.83. The van der Waals surface area contributed by atoms with Crippen LogP contribution in [0.3, 0.4) is 0 Å². The van der Waals surface area contributed by atoms with E-state index >= 15 is 0 Å². The van der Waals surface area contributed by atoms with Crippen LogP contribution in [0.2, 0.25) is 0 Å². The lowest BCUT2D eigenvalue weighted by molar-refractivity contribution is 0.0477. The third-order valence-corrected chi connectivity index (χ3v) is 5.21. The minimum atomic E-state index is -0.630. The zero-order chi connectivity index (χ0) is 15.6. The maximum Gasteiger partial charge on any atom is 0.0985 e. The van der Waals surface area contributed by atoms with Crippen molar-refractivity contribution in [1.29, 1.82) is 0 Å². The van der Waals surface area contributed by atoms with Crippen molar-refractivity contribution < 1.29 is 5.11 Å². The van der Waals surface area contributed by atoms with Crippen LogP contribution in [0.25, 0.3) is 0 Å². The van der Waals surface area contributed by atoms with Gasteiger partial charge in [-0.15, -0.1) is 11.3 Å². The molecule has 0 saturated carbocycles. The van der Waals surface area contributed by atoms with Gasteiger partial charge in [-0.25, -0.2) is 4.98 Å². The molecule has 0 bridgehead atoms. The van der Waals surface area contributed by atoms with E-state index in [2.05, 4.69) is 46.9 Å². The molecule has 116 valence electrons. The van der Waals surface area contributed by atoms with E-state index in [0.29, 0.717) is 6.54 Å². The minimum absolute atomic E-state index is 0.0983. The van der Waals surface area contributed by atoms with Gasteiger partial charge < -0.3 is 10.4 Å². The first kappa shape index (κ1) is 17.6. The smallest absolute Gasteiger partial charge is 0.0985 e. The molecule has 2 atom stereocenters. The second kappa shape index (κ2) is 6.54. The maximum absolute atomic E-state index is 10.2. The zero-order valence-electron chi connectivity index (χ0n) is 14.0. The molecule has 0 aromatic carbocycles. The summed E-state index contributed by atoms with van der Waals surface area (Å²) in [6, 6.07) is 0.229. The lowest BCUT2D eigenvalue weighted by Crippen LogP contribution is -2.38. The monoisotopic (exact) mass is 298 g/mol. The lowest BCUT2D eigenvalue weighted by atomic mass is 9.98. The topological polar surface area (TPSA) is 45.1 Å². The Bertz CT molecular complexity index is 432. The van der Waals surface area contributed by atoms with Crippen molar-refractivity contribution in [3.8, 4) is 0 Å². The first-order valence-corrected chi connectivity index (χ1v) is 8.32. The largest absolute Gasteiger partial charge is 0.389 e. The van der Waals surface area contributed by atoms with Crippen molar-refractivity contribution in [1.82, 2.24) is 10.3 Å². The fourth-order valence-electron chi connectivity index (χ4n) is 2.22. The van der Waals surface area contributed by atoms with Crippen molar-refractivity contribution in [2.24, 2.45) is 0 Å². The fourth-order valence-corrected chi connectivity index (χ4v) is 3.37. The van der Waals surface area contributed by atoms with E-state index in [4.69, 9.17) is 4.98 Å². The van der Waals surface area contributed by atoms with E-state index in [0.717, 1.165) is 18.5 Å². The second-order valence-corrected chi connectivity index (χ2v) is 8.10. The summed E-state index contributed by atoms with van der Waals surface area (Å²) in [5.74, 6) is 0. The molecule has 0 aliphatic heterocycles. The Labute approximate surface area is 127 Å². The summed E-state index contributed by atoms with van der Waals surface area (Å²) in [6.07, 6.45) is 1.82. The zero-order valence-corrected chi connectivity index (χ0v) is 14.8. The average molecular weight is 298 g/mol. The first-order valence-electron chi connectivity index (χ1n) is 7.50. The molecule has 1 aromatic rings. The van der Waals surface area contributed by atoms with Gasteiger partial charge in [0.2, 0.25) is 0 Å². The summed E-state index contributed by atoms with van der Waals surface area (Å²) >= 11 is 1.78. The van der Waals surface area contributed by atoms with Crippen molar-refractivity contribution in [2.75, 3.05) is 6.54 Å². The summed E-state index contributed by atoms with van der Waals surface area (Å²) in [4.78, 5) is 5.98. The SMILES string of the molecule is CCCC(C)(O)CNC(C)c1sc(C(C)(C)C)nc1C. The molecule has 3 nitrogen and oxygen atoms in total.